The van der Waals surface area contributed by atoms with Gasteiger partial charge in [0.25, 0.3) is 0 Å². The smallest absolute Gasteiger partial charge is 0.0288 e. The van der Waals surface area contributed by atoms with Crippen LogP contribution < -0.4 is 0 Å². The first-order valence-corrected chi connectivity index (χ1v) is 5.99. The molecule has 1 radical (unpaired) electrons. The van der Waals surface area contributed by atoms with Crippen LogP contribution in [0.5, 0.6) is 0 Å². The summed E-state index contributed by atoms with van der Waals surface area (Å²) in [7, 11) is 1.96. The summed E-state index contributed by atoms with van der Waals surface area (Å²) in [6.07, 6.45) is 2.08. The van der Waals surface area contributed by atoms with E-state index in [1.54, 1.807) is 0 Å². The number of benzene rings is 3. The molecule has 0 saturated heterocycles. The number of fused-ring (bicyclic) bond motifs is 6. The van der Waals surface area contributed by atoms with Gasteiger partial charge in [-0.3, -0.25) is 4.68 Å². The van der Waals surface area contributed by atoms with Crippen molar-refractivity contribution < 1.29 is 20.1 Å². The molecule has 0 N–H and O–H groups in total. The van der Waals surface area contributed by atoms with Gasteiger partial charge in [-0.1, -0.05) is 35.0 Å². The molecule has 0 aliphatic heterocycles. The summed E-state index contributed by atoms with van der Waals surface area (Å²) in [4.78, 5) is 0. The van der Waals surface area contributed by atoms with E-state index in [1.165, 1.54) is 21.5 Å². The summed E-state index contributed by atoms with van der Waals surface area (Å²) in [5.74, 6) is 0. The van der Waals surface area contributed by atoms with E-state index in [1.807, 2.05) is 23.9 Å². The minimum absolute atomic E-state index is 0. The van der Waals surface area contributed by atoms with Gasteiger partial charge in [0.15, 0.2) is 0 Å². The summed E-state index contributed by atoms with van der Waals surface area (Å²) in [6, 6.07) is 17.9. The first-order chi connectivity index (χ1) is 8.84. The maximum Gasteiger partial charge on any atom is 0.0288 e. The third kappa shape index (κ3) is 1.70. The number of rotatable bonds is 0. The number of hydrogen-bond acceptors (Lipinski definition) is 1. The minimum Gasteiger partial charge on any atom is -0.285 e. The zero-order chi connectivity index (χ0) is 12.1. The van der Waals surface area contributed by atoms with Crippen molar-refractivity contribution in [1.82, 2.24) is 9.78 Å². The molecule has 95 valence electrons. The molecule has 0 aliphatic carbocycles. The maximum atomic E-state index is 4.58. The fourth-order valence-corrected chi connectivity index (χ4v) is 2.68. The van der Waals surface area contributed by atoms with E-state index in [-0.39, 0.29) is 20.1 Å². The van der Waals surface area contributed by atoms with Crippen molar-refractivity contribution in [3.05, 3.63) is 54.7 Å². The van der Waals surface area contributed by atoms with Crippen molar-refractivity contribution in [2.45, 2.75) is 0 Å². The maximum absolute atomic E-state index is 4.58. The minimum atomic E-state index is 0. The molecular formula is C16H11IrN2-. The molecule has 0 unspecified atom stereocenters. The Kier molecular flexibility index (Phi) is 2.89. The molecule has 0 spiro atoms. The fraction of sp³-hybridized carbons (Fsp3) is 0.0625. The second-order valence-corrected chi connectivity index (χ2v) is 4.57. The normalized spacial score (nSPS) is 11.0. The van der Waals surface area contributed by atoms with Crippen LogP contribution in [0.1, 0.15) is 0 Å². The first kappa shape index (κ1) is 12.3. The van der Waals surface area contributed by atoms with Crippen molar-refractivity contribution in [2.75, 3.05) is 0 Å². The molecule has 3 aromatic carbocycles. The van der Waals surface area contributed by atoms with Gasteiger partial charge >= 0.3 is 0 Å². The Morgan fingerprint density at radius 3 is 2.42 bits per heavy atom. The molecule has 0 atom stereocenters. The zero-order valence-electron chi connectivity index (χ0n) is 10.3. The van der Waals surface area contributed by atoms with E-state index in [0.717, 1.165) is 10.9 Å². The zero-order valence-corrected chi connectivity index (χ0v) is 12.7. The molecule has 0 amide bonds. The predicted molar refractivity (Wildman–Crippen MR) is 74.6 cm³/mol. The van der Waals surface area contributed by atoms with Crippen LogP contribution in [0.3, 0.4) is 0 Å². The van der Waals surface area contributed by atoms with Crippen LogP contribution in [0.25, 0.3) is 32.4 Å². The van der Waals surface area contributed by atoms with Crippen LogP contribution in [0.15, 0.2) is 48.7 Å². The molecule has 0 saturated carbocycles. The fourth-order valence-electron chi connectivity index (χ4n) is 2.68. The Bertz CT molecular complexity index is 820. The van der Waals surface area contributed by atoms with Crippen LogP contribution in [-0.4, -0.2) is 9.78 Å². The molecule has 0 fully saturated rings. The van der Waals surface area contributed by atoms with E-state index >= 15 is 0 Å². The van der Waals surface area contributed by atoms with Gasteiger partial charge in [0.2, 0.25) is 0 Å². The van der Waals surface area contributed by atoms with Gasteiger partial charge < -0.3 is 0 Å². The van der Waals surface area contributed by atoms with Crippen LogP contribution in [0, 0.1) is 6.07 Å². The first-order valence-electron chi connectivity index (χ1n) is 5.99. The average Bonchev–Trinajstić information content (AvgIpc) is 2.81. The van der Waals surface area contributed by atoms with E-state index in [9.17, 15) is 0 Å². The summed E-state index contributed by atoms with van der Waals surface area (Å²) in [5.41, 5.74) is 1.03. The molecule has 2 nitrogen and oxygen atoms in total. The van der Waals surface area contributed by atoms with Crippen LogP contribution in [0.2, 0.25) is 0 Å². The summed E-state index contributed by atoms with van der Waals surface area (Å²) in [6.45, 7) is 0. The number of aromatic nitrogens is 2. The van der Waals surface area contributed by atoms with Gasteiger partial charge in [-0.15, -0.1) is 29.7 Å². The van der Waals surface area contributed by atoms with Gasteiger partial charge in [-0.05, 0) is 10.8 Å². The average molecular weight is 423 g/mol. The van der Waals surface area contributed by atoms with E-state index in [0.29, 0.717) is 0 Å². The molecule has 1 heterocycles. The van der Waals surface area contributed by atoms with Crippen LogP contribution in [0.4, 0.5) is 0 Å². The van der Waals surface area contributed by atoms with Gasteiger partial charge in [0, 0.05) is 38.9 Å². The van der Waals surface area contributed by atoms with Crippen molar-refractivity contribution >= 4 is 32.4 Å². The molecule has 19 heavy (non-hydrogen) atoms. The summed E-state index contributed by atoms with van der Waals surface area (Å²) >= 11 is 0. The SMILES string of the molecule is Cn1cc2c3ccccc3c3ccc[c-]c3c2n1.[Ir]. The molecule has 0 bridgehead atoms. The standard InChI is InChI=1S/C16H11N2.Ir/c1-18-10-15-13-8-3-2-6-11(13)12-7-4-5-9-14(12)16(15)17-18;/h2-8,10H,1H3;/q-1;. The topological polar surface area (TPSA) is 17.8 Å². The Labute approximate surface area is 124 Å². The second-order valence-electron chi connectivity index (χ2n) is 4.57. The van der Waals surface area contributed by atoms with E-state index in [4.69, 9.17) is 0 Å². The number of aryl methyl sites for hydroxylation is 1. The molecule has 4 rings (SSSR count). The van der Waals surface area contributed by atoms with Crippen molar-refractivity contribution in [2.24, 2.45) is 7.05 Å². The third-order valence-corrected chi connectivity index (χ3v) is 3.43. The van der Waals surface area contributed by atoms with Crippen molar-refractivity contribution in [1.29, 1.82) is 0 Å². The van der Waals surface area contributed by atoms with Gasteiger partial charge in [-0.25, -0.2) is 5.10 Å². The van der Waals surface area contributed by atoms with Crippen LogP contribution >= 0.6 is 0 Å². The summed E-state index contributed by atoms with van der Waals surface area (Å²) < 4.78 is 1.87. The Hall–Kier alpha value is -1.70. The Balaban J connectivity index is 0.00000110. The quantitative estimate of drug-likeness (QED) is 0.312. The van der Waals surface area contributed by atoms with E-state index in [2.05, 4.69) is 47.7 Å². The monoisotopic (exact) mass is 424 g/mol. The predicted octanol–water partition coefficient (Wildman–Crippen LogP) is 3.68. The van der Waals surface area contributed by atoms with Crippen LogP contribution in [-0.2, 0) is 27.2 Å². The second kappa shape index (κ2) is 4.44. The molecule has 0 aliphatic rings. The van der Waals surface area contributed by atoms with E-state index < -0.39 is 0 Å². The van der Waals surface area contributed by atoms with Gasteiger partial charge in [0.05, 0.1) is 0 Å². The van der Waals surface area contributed by atoms with Gasteiger partial charge in [-0.2, -0.15) is 0 Å². The van der Waals surface area contributed by atoms with Crippen molar-refractivity contribution in [3.8, 4) is 0 Å². The third-order valence-electron chi connectivity index (χ3n) is 3.43. The molecule has 3 heteroatoms. The number of nitrogens with zero attached hydrogens (tertiary/aromatic N) is 2. The summed E-state index contributed by atoms with van der Waals surface area (Å²) in [5, 5.41) is 10.6. The Morgan fingerprint density at radius 2 is 1.63 bits per heavy atom. The van der Waals surface area contributed by atoms with Gasteiger partial charge in [0.1, 0.15) is 0 Å². The largest absolute Gasteiger partial charge is 0.285 e. The molecular weight excluding hydrogens is 412 g/mol. The number of hydrogen-bond donors (Lipinski definition) is 0. The molecule has 1 aromatic heterocycles. The Morgan fingerprint density at radius 1 is 0.947 bits per heavy atom. The molecule has 4 aromatic rings. The van der Waals surface area contributed by atoms with Crippen molar-refractivity contribution in [3.63, 3.8) is 0 Å².